The number of nitrogens with zero attached hydrogens (tertiary/aromatic N) is 2. The number of rotatable bonds is 4. The molecule has 9 heteroatoms. The largest absolute Gasteiger partial charge is 0.322 e. The standard InChI is InChI=1S/C22H17N5O4/c28-21-20(26-22(29)24-17-12-6-7-13-18(17)27(30)31)25-19(14-8-2-1-3-9-14)15-10-4-5-11-16(15)23-21/h1-13,20H,(H,23,28)(H2,24,26,29). The van der Waals surface area contributed by atoms with Crippen LogP contribution in [0.2, 0.25) is 0 Å². The van der Waals surface area contributed by atoms with Gasteiger partial charge in [0.05, 0.1) is 16.3 Å². The molecule has 0 saturated heterocycles. The van der Waals surface area contributed by atoms with Crippen LogP contribution < -0.4 is 16.0 Å². The smallest absolute Gasteiger partial charge is 0.321 e. The van der Waals surface area contributed by atoms with Gasteiger partial charge in [-0.2, -0.15) is 0 Å². The summed E-state index contributed by atoms with van der Waals surface area (Å²) in [6.07, 6.45) is -1.25. The molecule has 31 heavy (non-hydrogen) atoms. The molecule has 4 rings (SSSR count). The number of nitro groups is 1. The van der Waals surface area contributed by atoms with Gasteiger partial charge in [-0.25, -0.2) is 9.79 Å². The number of benzene rings is 3. The minimum Gasteiger partial charge on any atom is -0.322 e. The number of urea groups is 1. The lowest BCUT2D eigenvalue weighted by molar-refractivity contribution is -0.383. The Morgan fingerprint density at radius 3 is 2.42 bits per heavy atom. The van der Waals surface area contributed by atoms with E-state index in [-0.39, 0.29) is 11.4 Å². The van der Waals surface area contributed by atoms with Crippen LogP contribution in [0.1, 0.15) is 11.1 Å². The maximum Gasteiger partial charge on any atom is 0.321 e. The number of anilines is 2. The van der Waals surface area contributed by atoms with Gasteiger partial charge in [0.2, 0.25) is 6.17 Å². The Balaban J connectivity index is 1.65. The average Bonchev–Trinajstić information content (AvgIpc) is 2.91. The fourth-order valence-electron chi connectivity index (χ4n) is 3.20. The highest BCUT2D eigenvalue weighted by Gasteiger charge is 2.27. The van der Waals surface area contributed by atoms with E-state index in [0.29, 0.717) is 17.0 Å². The Bertz CT molecular complexity index is 1190. The monoisotopic (exact) mass is 415 g/mol. The summed E-state index contributed by atoms with van der Waals surface area (Å²) in [7, 11) is 0. The van der Waals surface area contributed by atoms with Crippen LogP contribution in [-0.4, -0.2) is 28.7 Å². The van der Waals surface area contributed by atoms with Gasteiger partial charge in [0.1, 0.15) is 5.69 Å². The molecule has 1 aliphatic heterocycles. The van der Waals surface area contributed by atoms with Crippen molar-refractivity contribution in [2.45, 2.75) is 6.17 Å². The van der Waals surface area contributed by atoms with Gasteiger partial charge in [-0.05, 0) is 12.1 Å². The molecular weight excluding hydrogens is 398 g/mol. The van der Waals surface area contributed by atoms with Crippen molar-refractivity contribution in [3.8, 4) is 0 Å². The summed E-state index contributed by atoms with van der Waals surface area (Å²) in [6.45, 7) is 0. The van der Waals surface area contributed by atoms with Crippen LogP contribution >= 0.6 is 0 Å². The number of carbonyl (C=O) groups is 2. The first-order valence-corrected chi connectivity index (χ1v) is 9.37. The summed E-state index contributed by atoms with van der Waals surface area (Å²) in [6, 6.07) is 21.4. The van der Waals surface area contributed by atoms with Crippen LogP contribution in [0.5, 0.6) is 0 Å². The summed E-state index contributed by atoms with van der Waals surface area (Å²) in [5.74, 6) is -0.531. The zero-order valence-corrected chi connectivity index (χ0v) is 16.1. The number of aliphatic imine (C=N–C) groups is 1. The van der Waals surface area contributed by atoms with Crippen molar-refractivity contribution in [2.24, 2.45) is 4.99 Å². The molecule has 0 aromatic heterocycles. The van der Waals surface area contributed by atoms with E-state index in [1.807, 2.05) is 42.5 Å². The van der Waals surface area contributed by atoms with Crippen molar-refractivity contribution in [1.29, 1.82) is 0 Å². The minimum absolute atomic E-state index is 0.00887. The van der Waals surface area contributed by atoms with Crippen molar-refractivity contribution in [3.63, 3.8) is 0 Å². The minimum atomic E-state index is -1.25. The van der Waals surface area contributed by atoms with E-state index in [1.165, 1.54) is 18.2 Å². The number of benzodiazepines with no additional fused rings is 1. The van der Waals surface area contributed by atoms with Gasteiger partial charge >= 0.3 is 6.03 Å². The molecule has 9 nitrogen and oxygen atoms in total. The molecule has 1 unspecified atom stereocenters. The normalized spacial score (nSPS) is 15.0. The van der Waals surface area contributed by atoms with E-state index < -0.39 is 23.0 Å². The molecule has 0 fully saturated rings. The van der Waals surface area contributed by atoms with E-state index in [4.69, 9.17) is 0 Å². The predicted molar refractivity (Wildman–Crippen MR) is 116 cm³/mol. The molecule has 0 bridgehead atoms. The third-order valence-corrected chi connectivity index (χ3v) is 4.61. The number of hydrogen-bond donors (Lipinski definition) is 3. The Labute approximate surface area is 177 Å². The van der Waals surface area contributed by atoms with Crippen LogP contribution in [0, 0.1) is 10.1 Å². The van der Waals surface area contributed by atoms with E-state index in [1.54, 1.807) is 18.2 Å². The Morgan fingerprint density at radius 2 is 1.65 bits per heavy atom. The second-order valence-corrected chi connectivity index (χ2v) is 6.65. The number of nitro benzene ring substituents is 1. The summed E-state index contributed by atoms with van der Waals surface area (Å²) in [5.41, 5.74) is 2.34. The lowest BCUT2D eigenvalue weighted by atomic mass is 10.0. The summed E-state index contributed by atoms with van der Waals surface area (Å²) in [5, 5.41) is 18.8. The van der Waals surface area contributed by atoms with Crippen molar-refractivity contribution in [1.82, 2.24) is 5.32 Å². The number of nitrogens with one attached hydrogen (secondary N) is 3. The van der Waals surface area contributed by atoms with Gasteiger partial charge in [-0.1, -0.05) is 60.7 Å². The molecule has 1 heterocycles. The number of para-hydroxylation sites is 3. The van der Waals surface area contributed by atoms with Gasteiger partial charge in [-0.15, -0.1) is 0 Å². The van der Waals surface area contributed by atoms with Crippen molar-refractivity contribution in [3.05, 3.63) is 100 Å². The van der Waals surface area contributed by atoms with Crippen molar-refractivity contribution in [2.75, 3.05) is 10.6 Å². The van der Waals surface area contributed by atoms with E-state index in [9.17, 15) is 19.7 Å². The Kier molecular flexibility index (Phi) is 5.39. The quantitative estimate of drug-likeness (QED) is 0.445. The molecule has 3 aromatic rings. The zero-order valence-electron chi connectivity index (χ0n) is 16.1. The Hall–Kier alpha value is -4.53. The van der Waals surface area contributed by atoms with Crippen LogP contribution in [-0.2, 0) is 4.79 Å². The van der Waals surface area contributed by atoms with Crippen LogP contribution in [0.3, 0.4) is 0 Å². The lowest BCUT2D eigenvalue weighted by Crippen LogP contribution is -2.44. The van der Waals surface area contributed by atoms with Crippen molar-refractivity contribution < 1.29 is 14.5 Å². The lowest BCUT2D eigenvalue weighted by Gasteiger charge is -2.14. The molecule has 3 aromatic carbocycles. The molecule has 0 radical (unpaired) electrons. The fraction of sp³-hybridized carbons (Fsp3) is 0.0455. The number of amides is 3. The Morgan fingerprint density at radius 1 is 0.968 bits per heavy atom. The number of carbonyl (C=O) groups excluding carboxylic acids is 2. The fourth-order valence-corrected chi connectivity index (χ4v) is 3.20. The number of hydrogen-bond acceptors (Lipinski definition) is 5. The van der Waals surface area contributed by atoms with Crippen LogP contribution in [0.25, 0.3) is 0 Å². The highest BCUT2D eigenvalue weighted by molar-refractivity contribution is 6.19. The molecule has 0 saturated carbocycles. The maximum absolute atomic E-state index is 12.7. The second kappa shape index (κ2) is 8.46. The first kappa shape index (κ1) is 19.8. The molecular formula is C22H17N5O4. The van der Waals surface area contributed by atoms with Gasteiger partial charge in [0, 0.05) is 17.2 Å². The zero-order chi connectivity index (χ0) is 21.8. The van der Waals surface area contributed by atoms with E-state index in [0.717, 1.165) is 5.56 Å². The molecule has 3 N–H and O–H groups in total. The predicted octanol–water partition coefficient (Wildman–Crippen LogP) is 3.53. The molecule has 154 valence electrons. The van der Waals surface area contributed by atoms with Gasteiger partial charge in [0.15, 0.2) is 0 Å². The first-order valence-electron chi connectivity index (χ1n) is 9.37. The van der Waals surface area contributed by atoms with E-state index in [2.05, 4.69) is 20.9 Å². The third kappa shape index (κ3) is 4.25. The van der Waals surface area contributed by atoms with Gasteiger partial charge in [0.25, 0.3) is 11.6 Å². The SMILES string of the molecule is O=C(Nc1ccccc1[N+](=O)[O-])NC1N=C(c2ccccc2)c2ccccc2NC1=O. The average molecular weight is 415 g/mol. The summed E-state index contributed by atoms with van der Waals surface area (Å²) < 4.78 is 0. The third-order valence-electron chi connectivity index (χ3n) is 4.61. The molecule has 0 spiro atoms. The molecule has 0 aliphatic carbocycles. The highest BCUT2D eigenvalue weighted by Crippen LogP contribution is 2.25. The highest BCUT2D eigenvalue weighted by atomic mass is 16.6. The van der Waals surface area contributed by atoms with Gasteiger partial charge < -0.3 is 16.0 Å². The molecule has 3 amide bonds. The maximum atomic E-state index is 12.7. The first-order chi connectivity index (χ1) is 15.0. The molecule has 1 atom stereocenters. The van der Waals surface area contributed by atoms with E-state index >= 15 is 0 Å². The second-order valence-electron chi connectivity index (χ2n) is 6.65. The van der Waals surface area contributed by atoms with Crippen molar-refractivity contribution >= 4 is 34.7 Å². The summed E-state index contributed by atoms with van der Waals surface area (Å²) in [4.78, 5) is 40.4. The van der Waals surface area contributed by atoms with Crippen LogP contribution in [0.15, 0.2) is 83.9 Å². The summed E-state index contributed by atoms with van der Waals surface area (Å²) >= 11 is 0. The topological polar surface area (TPSA) is 126 Å². The molecule has 1 aliphatic rings. The van der Waals surface area contributed by atoms with Gasteiger partial charge in [-0.3, -0.25) is 14.9 Å². The number of fused-ring (bicyclic) bond motifs is 1. The van der Waals surface area contributed by atoms with Crippen LogP contribution in [0.4, 0.5) is 21.9 Å².